The predicted octanol–water partition coefficient (Wildman–Crippen LogP) is 2.98. The summed E-state index contributed by atoms with van der Waals surface area (Å²) in [4.78, 5) is 11.9. The van der Waals surface area contributed by atoms with Crippen LogP contribution >= 0.6 is 0 Å². The van der Waals surface area contributed by atoms with Crippen molar-refractivity contribution in [2.75, 3.05) is 18.0 Å². The lowest BCUT2D eigenvalue weighted by Crippen LogP contribution is -2.37. The number of benzene rings is 1. The molecule has 0 N–H and O–H groups in total. The molecule has 1 fully saturated rings. The number of piperidine rings is 1. The van der Waals surface area contributed by atoms with E-state index in [0.29, 0.717) is 6.04 Å². The molecule has 1 aliphatic heterocycles. The third-order valence-corrected chi connectivity index (χ3v) is 4.31. The summed E-state index contributed by atoms with van der Waals surface area (Å²) in [6.07, 6.45) is 6.21. The quantitative estimate of drug-likeness (QED) is 0.729. The summed E-state index contributed by atoms with van der Waals surface area (Å²) in [5.41, 5.74) is 2.92. The van der Waals surface area contributed by atoms with Crippen LogP contribution in [0.3, 0.4) is 0 Å². The summed E-state index contributed by atoms with van der Waals surface area (Å²) < 4.78 is 2.07. The number of hydrogen-bond donors (Lipinski definition) is 0. The van der Waals surface area contributed by atoms with Crippen molar-refractivity contribution in [3.8, 4) is 0 Å². The Morgan fingerprint density at radius 3 is 2.68 bits per heavy atom. The van der Waals surface area contributed by atoms with Gasteiger partial charge in [0.15, 0.2) is 5.82 Å². The van der Waals surface area contributed by atoms with Crippen LogP contribution in [0.4, 0.5) is 5.82 Å². The molecule has 1 unspecified atom stereocenters. The van der Waals surface area contributed by atoms with Crippen molar-refractivity contribution in [3.63, 3.8) is 0 Å². The Kier molecular flexibility index (Phi) is 3.25. The van der Waals surface area contributed by atoms with Crippen LogP contribution in [0, 0.1) is 6.92 Å². The van der Waals surface area contributed by atoms with Gasteiger partial charge in [0.1, 0.15) is 0 Å². The van der Waals surface area contributed by atoms with E-state index in [1.807, 2.05) is 49.6 Å². The number of rotatable bonds is 2. The van der Waals surface area contributed by atoms with E-state index < -0.39 is 0 Å². The van der Waals surface area contributed by atoms with Crippen molar-refractivity contribution in [1.29, 1.82) is 0 Å². The fourth-order valence-electron chi connectivity index (χ4n) is 3.24. The molecule has 1 saturated heterocycles. The molecule has 0 spiro atoms. The minimum Gasteiger partial charge on any atom is -0.353 e. The van der Waals surface area contributed by atoms with Gasteiger partial charge in [-0.1, -0.05) is 12.1 Å². The number of nitrogens with zero attached hydrogens (tertiary/aromatic N) is 5. The molecular weight excluding hydrogens is 274 g/mol. The van der Waals surface area contributed by atoms with Crippen molar-refractivity contribution in [2.45, 2.75) is 25.8 Å². The zero-order valence-electron chi connectivity index (χ0n) is 12.7. The van der Waals surface area contributed by atoms with E-state index in [0.717, 1.165) is 48.5 Å². The Balaban J connectivity index is 1.67. The lowest BCUT2D eigenvalue weighted by atomic mass is 10.1. The fraction of sp³-hybridized carbons (Fsp3) is 0.353. The van der Waals surface area contributed by atoms with Crippen LogP contribution in [-0.2, 0) is 0 Å². The van der Waals surface area contributed by atoms with Crippen LogP contribution in [0.2, 0.25) is 0 Å². The first-order valence-electron chi connectivity index (χ1n) is 7.79. The topological polar surface area (TPSA) is 46.8 Å². The van der Waals surface area contributed by atoms with E-state index in [9.17, 15) is 0 Å². The lowest BCUT2D eigenvalue weighted by Gasteiger charge is -2.34. The molecule has 4 rings (SSSR count). The Morgan fingerprint density at radius 1 is 1.09 bits per heavy atom. The largest absolute Gasteiger partial charge is 0.353 e. The number of anilines is 1. The zero-order chi connectivity index (χ0) is 14.9. The first kappa shape index (κ1) is 13.2. The molecule has 5 heteroatoms. The molecule has 1 aromatic carbocycles. The highest BCUT2D eigenvalue weighted by Gasteiger charge is 2.24. The predicted molar refractivity (Wildman–Crippen MR) is 87.0 cm³/mol. The summed E-state index contributed by atoms with van der Waals surface area (Å²) in [5.74, 6) is 1.01. The van der Waals surface area contributed by atoms with Gasteiger partial charge in [-0.2, -0.15) is 5.10 Å². The second-order valence-electron chi connectivity index (χ2n) is 5.85. The van der Waals surface area contributed by atoms with Crippen molar-refractivity contribution in [1.82, 2.24) is 19.7 Å². The summed E-state index contributed by atoms with van der Waals surface area (Å²) in [5, 5.41) is 4.39. The summed E-state index contributed by atoms with van der Waals surface area (Å²) in [6.45, 7) is 4.02. The zero-order valence-corrected chi connectivity index (χ0v) is 12.7. The van der Waals surface area contributed by atoms with Gasteiger partial charge in [0, 0.05) is 25.5 Å². The first-order valence-corrected chi connectivity index (χ1v) is 7.79. The second-order valence-corrected chi connectivity index (χ2v) is 5.85. The van der Waals surface area contributed by atoms with E-state index in [-0.39, 0.29) is 0 Å². The Bertz CT molecular complexity index is 781. The van der Waals surface area contributed by atoms with Crippen molar-refractivity contribution >= 4 is 16.9 Å². The van der Waals surface area contributed by atoms with Gasteiger partial charge < -0.3 is 4.90 Å². The summed E-state index contributed by atoms with van der Waals surface area (Å²) >= 11 is 0. The van der Waals surface area contributed by atoms with Crippen molar-refractivity contribution in [2.24, 2.45) is 0 Å². The van der Waals surface area contributed by atoms with E-state index in [4.69, 9.17) is 9.97 Å². The maximum Gasteiger partial charge on any atom is 0.150 e. The SMILES string of the molecule is Cc1nc2ccccc2nc1N1CCCC(n2cccn2)C1. The average molecular weight is 293 g/mol. The number of fused-ring (bicyclic) bond motifs is 1. The number of hydrogen-bond acceptors (Lipinski definition) is 4. The third-order valence-electron chi connectivity index (χ3n) is 4.31. The van der Waals surface area contributed by atoms with Crippen molar-refractivity contribution in [3.05, 3.63) is 48.4 Å². The van der Waals surface area contributed by atoms with E-state index in [2.05, 4.69) is 14.7 Å². The molecule has 1 atom stereocenters. The van der Waals surface area contributed by atoms with Gasteiger partial charge in [0.2, 0.25) is 0 Å². The molecule has 3 aromatic rings. The highest BCUT2D eigenvalue weighted by molar-refractivity contribution is 5.76. The van der Waals surface area contributed by atoms with Crippen LogP contribution in [0.25, 0.3) is 11.0 Å². The van der Waals surface area contributed by atoms with Gasteiger partial charge in [-0.05, 0) is 38.0 Å². The molecule has 2 aromatic heterocycles. The Hall–Kier alpha value is -2.43. The van der Waals surface area contributed by atoms with Gasteiger partial charge in [0.25, 0.3) is 0 Å². The molecule has 1 aliphatic rings. The standard InChI is InChI=1S/C17H19N5/c1-13-17(20-16-8-3-2-7-15(16)19-13)21-10-4-6-14(12-21)22-11-5-9-18-22/h2-3,5,7-9,11,14H,4,6,10,12H2,1H3. The summed E-state index contributed by atoms with van der Waals surface area (Å²) in [6, 6.07) is 10.5. The van der Waals surface area contributed by atoms with Crippen LogP contribution in [0.5, 0.6) is 0 Å². The van der Waals surface area contributed by atoms with Gasteiger partial charge >= 0.3 is 0 Å². The molecule has 0 bridgehead atoms. The van der Waals surface area contributed by atoms with Crippen LogP contribution < -0.4 is 4.90 Å². The minimum absolute atomic E-state index is 0.413. The van der Waals surface area contributed by atoms with Crippen LogP contribution in [0.1, 0.15) is 24.6 Å². The van der Waals surface area contributed by atoms with E-state index in [1.165, 1.54) is 0 Å². The summed E-state index contributed by atoms with van der Waals surface area (Å²) in [7, 11) is 0. The van der Waals surface area contributed by atoms with Gasteiger partial charge in [-0.3, -0.25) is 4.68 Å². The maximum absolute atomic E-state index is 4.85. The molecule has 22 heavy (non-hydrogen) atoms. The number of aryl methyl sites for hydroxylation is 1. The Morgan fingerprint density at radius 2 is 1.91 bits per heavy atom. The second kappa shape index (κ2) is 5.40. The smallest absolute Gasteiger partial charge is 0.150 e. The normalized spacial score (nSPS) is 18.8. The lowest BCUT2D eigenvalue weighted by molar-refractivity contribution is 0.374. The monoisotopic (exact) mass is 293 g/mol. The van der Waals surface area contributed by atoms with Gasteiger partial charge in [-0.25, -0.2) is 9.97 Å². The molecule has 0 amide bonds. The average Bonchev–Trinajstić information content (AvgIpc) is 3.09. The van der Waals surface area contributed by atoms with Crippen LogP contribution in [0.15, 0.2) is 42.7 Å². The fourth-order valence-corrected chi connectivity index (χ4v) is 3.24. The molecule has 112 valence electrons. The first-order chi connectivity index (χ1) is 10.8. The van der Waals surface area contributed by atoms with E-state index in [1.54, 1.807) is 0 Å². The molecule has 0 saturated carbocycles. The van der Waals surface area contributed by atoms with E-state index >= 15 is 0 Å². The van der Waals surface area contributed by atoms with Crippen LogP contribution in [-0.4, -0.2) is 32.8 Å². The minimum atomic E-state index is 0.413. The third kappa shape index (κ3) is 2.32. The highest BCUT2D eigenvalue weighted by atomic mass is 15.3. The molecule has 0 radical (unpaired) electrons. The number of para-hydroxylation sites is 2. The molecule has 0 aliphatic carbocycles. The van der Waals surface area contributed by atoms with Crippen molar-refractivity contribution < 1.29 is 0 Å². The Labute approximate surface area is 129 Å². The van der Waals surface area contributed by atoms with Gasteiger partial charge in [-0.15, -0.1) is 0 Å². The molecule has 3 heterocycles. The molecule has 5 nitrogen and oxygen atoms in total. The number of aromatic nitrogens is 4. The highest BCUT2D eigenvalue weighted by Crippen LogP contribution is 2.27. The van der Waals surface area contributed by atoms with Gasteiger partial charge in [0.05, 0.1) is 22.8 Å². The maximum atomic E-state index is 4.85. The molecular formula is C17H19N5.